The second kappa shape index (κ2) is 9.40. The topological polar surface area (TPSA) is 34.0 Å². The zero-order valence-corrected chi connectivity index (χ0v) is 24.8. The van der Waals surface area contributed by atoms with Gasteiger partial charge in [0, 0.05) is 47.1 Å². The van der Waals surface area contributed by atoms with Crippen LogP contribution < -0.4 is 4.90 Å². The SMILES string of the molecule is CN(C)c1cccc2c1c1c3c(ccc1n2-c1nc(-c2ccccc2)cc(-c2ccccc2)n1)C(C)(C)c1ccccc1-3. The Morgan fingerprint density at radius 2 is 1.19 bits per heavy atom. The van der Waals surface area contributed by atoms with E-state index in [1.807, 2.05) is 12.1 Å². The molecule has 0 N–H and O–H groups in total. The molecule has 1 aliphatic carbocycles. The molecular formula is C39H32N4. The van der Waals surface area contributed by atoms with Crippen LogP contribution in [0, 0.1) is 0 Å². The van der Waals surface area contributed by atoms with Crippen LogP contribution in [-0.2, 0) is 5.41 Å². The van der Waals surface area contributed by atoms with Crippen molar-refractivity contribution in [2.24, 2.45) is 0 Å². The van der Waals surface area contributed by atoms with E-state index < -0.39 is 0 Å². The molecule has 4 heteroatoms. The summed E-state index contributed by atoms with van der Waals surface area (Å²) in [6, 6.07) is 42.9. The molecular weight excluding hydrogens is 524 g/mol. The molecule has 0 bridgehead atoms. The molecule has 0 radical (unpaired) electrons. The maximum atomic E-state index is 5.25. The Morgan fingerprint density at radius 3 is 1.84 bits per heavy atom. The average Bonchev–Trinajstić information content (AvgIpc) is 3.50. The van der Waals surface area contributed by atoms with Gasteiger partial charge in [0.05, 0.1) is 22.4 Å². The van der Waals surface area contributed by atoms with Crippen LogP contribution in [0.4, 0.5) is 5.69 Å². The first kappa shape index (κ1) is 25.5. The monoisotopic (exact) mass is 556 g/mol. The van der Waals surface area contributed by atoms with Gasteiger partial charge in [-0.2, -0.15) is 0 Å². The first-order valence-corrected chi connectivity index (χ1v) is 14.8. The van der Waals surface area contributed by atoms with Crippen molar-refractivity contribution in [1.82, 2.24) is 14.5 Å². The fraction of sp³-hybridized carbons (Fsp3) is 0.128. The van der Waals surface area contributed by atoms with Crippen molar-refractivity contribution in [3.05, 3.63) is 132 Å². The van der Waals surface area contributed by atoms with E-state index in [1.165, 1.54) is 38.7 Å². The largest absolute Gasteiger partial charge is 0.377 e. The van der Waals surface area contributed by atoms with E-state index >= 15 is 0 Å². The Morgan fingerprint density at radius 1 is 0.581 bits per heavy atom. The minimum atomic E-state index is -0.0915. The van der Waals surface area contributed by atoms with Crippen LogP contribution in [0.15, 0.2) is 121 Å². The molecule has 0 atom stereocenters. The van der Waals surface area contributed by atoms with Crippen LogP contribution in [0.5, 0.6) is 0 Å². The van der Waals surface area contributed by atoms with Crippen LogP contribution in [-0.4, -0.2) is 28.6 Å². The first-order valence-electron chi connectivity index (χ1n) is 14.8. The van der Waals surface area contributed by atoms with Gasteiger partial charge in [-0.1, -0.05) is 111 Å². The fourth-order valence-electron chi connectivity index (χ4n) is 6.96. The summed E-state index contributed by atoms with van der Waals surface area (Å²) in [5.41, 5.74) is 12.6. The maximum absolute atomic E-state index is 5.25. The van der Waals surface area contributed by atoms with Crippen LogP contribution in [0.3, 0.4) is 0 Å². The van der Waals surface area contributed by atoms with Gasteiger partial charge in [-0.3, -0.25) is 4.57 Å². The summed E-state index contributed by atoms with van der Waals surface area (Å²) in [5.74, 6) is 0.668. The van der Waals surface area contributed by atoms with E-state index in [0.29, 0.717) is 5.95 Å². The summed E-state index contributed by atoms with van der Waals surface area (Å²) in [5, 5.41) is 2.48. The fourth-order valence-corrected chi connectivity index (χ4v) is 6.96. The predicted molar refractivity (Wildman–Crippen MR) is 179 cm³/mol. The van der Waals surface area contributed by atoms with Crippen molar-refractivity contribution in [3.8, 4) is 39.6 Å². The van der Waals surface area contributed by atoms with Crippen molar-refractivity contribution < 1.29 is 0 Å². The number of hydrogen-bond donors (Lipinski definition) is 0. The highest BCUT2D eigenvalue weighted by Gasteiger charge is 2.37. The van der Waals surface area contributed by atoms with Crippen LogP contribution in [0.2, 0.25) is 0 Å². The minimum absolute atomic E-state index is 0.0915. The lowest BCUT2D eigenvalue weighted by molar-refractivity contribution is 0.661. The van der Waals surface area contributed by atoms with Gasteiger partial charge in [-0.25, -0.2) is 9.97 Å². The Labute approximate surface area is 251 Å². The molecule has 7 aromatic rings. The van der Waals surface area contributed by atoms with Crippen LogP contribution in [0.25, 0.3) is 61.4 Å². The molecule has 0 spiro atoms. The lowest BCUT2D eigenvalue weighted by Gasteiger charge is -2.21. The van der Waals surface area contributed by atoms with E-state index in [0.717, 1.165) is 33.5 Å². The summed E-state index contributed by atoms with van der Waals surface area (Å²) in [6.45, 7) is 4.68. The second-order valence-electron chi connectivity index (χ2n) is 12.1. The van der Waals surface area contributed by atoms with E-state index in [9.17, 15) is 0 Å². The number of benzene rings is 5. The van der Waals surface area contributed by atoms with Gasteiger partial charge >= 0.3 is 0 Å². The van der Waals surface area contributed by atoms with Crippen molar-refractivity contribution in [3.63, 3.8) is 0 Å². The molecule has 4 nitrogen and oxygen atoms in total. The van der Waals surface area contributed by atoms with Gasteiger partial charge < -0.3 is 4.90 Å². The van der Waals surface area contributed by atoms with Crippen LogP contribution >= 0.6 is 0 Å². The number of rotatable bonds is 4. The summed E-state index contributed by atoms with van der Waals surface area (Å²) in [4.78, 5) is 12.7. The predicted octanol–water partition coefficient (Wildman–Crippen LogP) is 9.28. The number of hydrogen-bond acceptors (Lipinski definition) is 3. The molecule has 208 valence electrons. The van der Waals surface area contributed by atoms with E-state index in [2.05, 4.69) is 147 Å². The first-order chi connectivity index (χ1) is 20.9. The van der Waals surface area contributed by atoms with E-state index in [4.69, 9.17) is 9.97 Å². The van der Waals surface area contributed by atoms with E-state index in [1.54, 1.807) is 0 Å². The average molecular weight is 557 g/mol. The summed E-state index contributed by atoms with van der Waals surface area (Å²) >= 11 is 0. The Kier molecular flexibility index (Phi) is 5.57. The highest BCUT2D eigenvalue weighted by Crippen LogP contribution is 2.54. The highest BCUT2D eigenvalue weighted by molar-refractivity contribution is 6.21. The Bertz CT molecular complexity index is 2120. The number of nitrogens with zero attached hydrogens (tertiary/aromatic N) is 4. The normalized spacial score (nSPS) is 13.3. The lowest BCUT2D eigenvalue weighted by atomic mass is 9.82. The van der Waals surface area contributed by atoms with E-state index in [-0.39, 0.29) is 5.41 Å². The van der Waals surface area contributed by atoms with Gasteiger partial charge in [0.25, 0.3) is 0 Å². The standard InChI is InChI=1S/C39H32N4/c1-39(2)28-19-12-11-18-27(28)35-29(39)22-23-34-37(35)36-32(42(3)4)20-13-21-33(36)43(34)38-40-30(25-14-7-5-8-15-25)24-31(41-38)26-16-9-6-10-17-26/h5-24H,1-4H3. The Hall–Kier alpha value is -5.22. The molecule has 43 heavy (non-hydrogen) atoms. The number of fused-ring (bicyclic) bond motifs is 7. The third-order valence-corrected chi connectivity index (χ3v) is 9.01. The molecule has 0 fully saturated rings. The maximum Gasteiger partial charge on any atom is 0.235 e. The molecule has 5 aromatic carbocycles. The molecule has 2 heterocycles. The van der Waals surface area contributed by atoms with Gasteiger partial charge in [-0.05, 0) is 46.5 Å². The van der Waals surface area contributed by atoms with Crippen molar-refractivity contribution in [2.45, 2.75) is 19.3 Å². The zero-order chi connectivity index (χ0) is 29.3. The molecule has 0 unspecified atom stereocenters. The third kappa shape index (κ3) is 3.76. The summed E-state index contributed by atoms with van der Waals surface area (Å²) in [7, 11) is 4.25. The third-order valence-electron chi connectivity index (χ3n) is 9.01. The number of anilines is 1. The van der Waals surface area contributed by atoms with Gasteiger partial charge in [0.2, 0.25) is 5.95 Å². The highest BCUT2D eigenvalue weighted by atomic mass is 15.2. The summed E-state index contributed by atoms with van der Waals surface area (Å²) < 4.78 is 2.27. The molecule has 8 rings (SSSR count). The second-order valence-corrected chi connectivity index (χ2v) is 12.1. The zero-order valence-electron chi connectivity index (χ0n) is 24.8. The summed E-state index contributed by atoms with van der Waals surface area (Å²) in [6.07, 6.45) is 0. The smallest absolute Gasteiger partial charge is 0.235 e. The van der Waals surface area contributed by atoms with Gasteiger partial charge in [0.15, 0.2) is 0 Å². The molecule has 2 aromatic heterocycles. The number of aromatic nitrogens is 3. The van der Waals surface area contributed by atoms with Gasteiger partial charge in [-0.15, -0.1) is 0 Å². The van der Waals surface area contributed by atoms with Gasteiger partial charge in [0.1, 0.15) is 0 Å². The molecule has 0 aliphatic heterocycles. The van der Waals surface area contributed by atoms with Crippen molar-refractivity contribution >= 4 is 27.5 Å². The molecule has 0 saturated carbocycles. The van der Waals surface area contributed by atoms with Crippen molar-refractivity contribution in [2.75, 3.05) is 19.0 Å². The molecule has 0 amide bonds. The Balaban J connectivity index is 1.53. The van der Waals surface area contributed by atoms with Crippen molar-refractivity contribution in [1.29, 1.82) is 0 Å². The molecule has 0 saturated heterocycles. The quantitative estimate of drug-likeness (QED) is 0.217. The molecule has 1 aliphatic rings. The lowest BCUT2D eigenvalue weighted by Crippen LogP contribution is -2.14. The minimum Gasteiger partial charge on any atom is -0.377 e. The van der Waals surface area contributed by atoms with Crippen LogP contribution in [0.1, 0.15) is 25.0 Å².